The molecule has 0 aromatic carbocycles. The third kappa shape index (κ3) is 5.27. The minimum atomic E-state index is 0.542. The molecule has 1 rings (SSSR count). The summed E-state index contributed by atoms with van der Waals surface area (Å²) in [5.41, 5.74) is 0. The number of hydrogen-bond donors (Lipinski definition) is 0. The van der Waals surface area contributed by atoms with Gasteiger partial charge in [0.05, 0.1) is 6.04 Å². The van der Waals surface area contributed by atoms with E-state index in [1.165, 1.54) is 41.9 Å². The van der Waals surface area contributed by atoms with E-state index in [0.717, 1.165) is 0 Å². The van der Waals surface area contributed by atoms with E-state index < -0.39 is 0 Å². The van der Waals surface area contributed by atoms with Gasteiger partial charge in [-0.25, -0.2) is 0 Å². The van der Waals surface area contributed by atoms with E-state index >= 15 is 0 Å². The monoisotopic (exact) mass is 246 g/mol. The molecular weight excluding hydrogens is 224 g/mol. The molecule has 2 nitrogen and oxygen atoms in total. The van der Waals surface area contributed by atoms with E-state index in [1.54, 1.807) is 0 Å². The van der Waals surface area contributed by atoms with Crippen LogP contribution in [0.15, 0.2) is 4.99 Å². The summed E-state index contributed by atoms with van der Waals surface area (Å²) in [4.78, 5) is 7.05. The molecule has 0 amide bonds. The molecule has 4 heteroatoms. The average molecular weight is 246 g/mol. The Morgan fingerprint density at radius 2 is 2.20 bits per heavy atom. The van der Waals surface area contributed by atoms with Crippen LogP contribution in [0.2, 0.25) is 0 Å². The Hall–Kier alpha value is 0.330. The Morgan fingerprint density at radius 3 is 2.73 bits per heavy atom. The van der Waals surface area contributed by atoms with Crippen molar-refractivity contribution in [3.63, 3.8) is 0 Å². The molecule has 0 saturated carbocycles. The molecule has 1 aliphatic heterocycles. The molecule has 0 unspecified atom stereocenters. The standard InChI is InChI=1S/C11H22N2S2/c1-4-13(5-2)7-6-8-14-11-12-10(3)9-15-11/h10H,4-9H2,1-3H3/t10-/m0/s1. The zero-order valence-electron chi connectivity index (χ0n) is 10.0. The maximum Gasteiger partial charge on any atom is 0.124 e. The van der Waals surface area contributed by atoms with Crippen molar-refractivity contribution in [2.75, 3.05) is 31.1 Å². The van der Waals surface area contributed by atoms with E-state index in [-0.39, 0.29) is 0 Å². The summed E-state index contributed by atoms with van der Waals surface area (Å²) in [6.07, 6.45) is 1.28. The average Bonchev–Trinajstić information content (AvgIpc) is 2.65. The quantitative estimate of drug-likeness (QED) is 0.670. The van der Waals surface area contributed by atoms with E-state index in [0.29, 0.717) is 6.04 Å². The number of hydrogen-bond acceptors (Lipinski definition) is 4. The van der Waals surface area contributed by atoms with Crippen molar-refractivity contribution in [2.45, 2.75) is 33.2 Å². The van der Waals surface area contributed by atoms with Crippen molar-refractivity contribution < 1.29 is 0 Å². The van der Waals surface area contributed by atoms with Crippen molar-refractivity contribution in [3.8, 4) is 0 Å². The highest BCUT2D eigenvalue weighted by atomic mass is 32.2. The van der Waals surface area contributed by atoms with Gasteiger partial charge in [0.1, 0.15) is 4.38 Å². The first kappa shape index (κ1) is 13.4. The molecule has 0 spiro atoms. The van der Waals surface area contributed by atoms with Crippen molar-refractivity contribution in [2.24, 2.45) is 4.99 Å². The fourth-order valence-electron chi connectivity index (χ4n) is 1.51. The Kier molecular flexibility index (Phi) is 6.77. The van der Waals surface area contributed by atoms with Gasteiger partial charge in [-0.15, -0.1) is 0 Å². The Bertz CT molecular complexity index is 203. The highest BCUT2D eigenvalue weighted by Gasteiger charge is 2.13. The number of aliphatic imine (C=N–C) groups is 1. The van der Waals surface area contributed by atoms with Crippen LogP contribution in [-0.2, 0) is 0 Å². The Balaban J connectivity index is 2.04. The highest BCUT2D eigenvalue weighted by molar-refractivity contribution is 8.39. The molecule has 1 atom stereocenters. The van der Waals surface area contributed by atoms with E-state index in [2.05, 4.69) is 30.7 Å². The van der Waals surface area contributed by atoms with Gasteiger partial charge in [-0.2, -0.15) is 0 Å². The van der Waals surface area contributed by atoms with Crippen LogP contribution in [0.5, 0.6) is 0 Å². The van der Waals surface area contributed by atoms with E-state index in [1.807, 2.05) is 23.5 Å². The minimum Gasteiger partial charge on any atom is -0.304 e. The number of nitrogens with zero attached hydrogens (tertiary/aromatic N) is 2. The first-order valence-corrected chi connectivity index (χ1v) is 7.79. The van der Waals surface area contributed by atoms with Crippen LogP contribution >= 0.6 is 23.5 Å². The SMILES string of the molecule is CCN(CC)CCCSC1=N[C@@H](C)CS1. The molecule has 15 heavy (non-hydrogen) atoms. The zero-order valence-corrected chi connectivity index (χ0v) is 11.7. The maximum absolute atomic E-state index is 4.57. The van der Waals surface area contributed by atoms with Crippen molar-refractivity contribution in [1.82, 2.24) is 4.90 Å². The lowest BCUT2D eigenvalue weighted by Gasteiger charge is -2.17. The van der Waals surface area contributed by atoms with Gasteiger partial charge in [0.25, 0.3) is 0 Å². The van der Waals surface area contributed by atoms with Crippen LogP contribution in [0.3, 0.4) is 0 Å². The summed E-state index contributed by atoms with van der Waals surface area (Å²) in [5.74, 6) is 2.40. The lowest BCUT2D eigenvalue weighted by molar-refractivity contribution is 0.305. The third-order valence-corrected chi connectivity index (χ3v) is 5.07. The van der Waals surface area contributed by atoms with Crippen LogP contribution in [0, 0.1) is 0 Å². The molecule has 0 saturated heterocycles. The van der Waals surface area contributed by atoms with Gasteiger partial charge >= 0.3 is 0 Å². The number of rotatable bonds is 6. The molecule has 0 aromatic rings. The molecular formula is C11H22N2S2. The van der Waals surface area contributed by atoms with Crippen LogP contribution in [-0.4, -0.2) is 46.5 Å². The Labute approximate surface area is 102 Å². The molecule has 88 valence electrons. The molecule has 0 radical (unpaired) electrons. The lowest BCUT2D eigenvalue weighted by atomic mass is 10.4. The fourth-order valence-corrected chi connectivity index (χ4v) is 3.72. The molecule has 0 N–H and O–H groups in total. The topological polar surface area (TPSA) is 15.6 Å². The smallest absolute Gasteiger partial charge is 0.124 e. The van der Waals surface area contributed by atoms with Crippen LogP contribution in [0.1, 0.15) is 27.2 Å². The van der Waals surface area contributed by atoms with Crippen molar-refractivity contribution in [1.29, 1.82) is 0 Å². The van der Waals surface area contributed by atoms with Crippen molar-refractivity contribution >= 4 is 27.9 Å². The summed E-state index contributed by atoms with van der Waals surface area (Å²) >= 11 is 3.86. The Morgan fingerprint density at radius 1 is 1.47 bits per heavy atom. The second-order valence-electron chi connectivity index (χ2n) is 3.78. The molecule has 1 heterocycles. The largest absolute Gasteiger partial charge is 0.304 e. The molecule has 0 aromatic heterocycles. The van der Waals surface area contributed by atoms with Gasteiger partial charge in [-0.3, -0.25) is 4.99 Å². The van der Waals surface area contributed by atoms with E-state index in [4.69, 9.17) is 0 Å². The van der Waals surface area contributed by atoms with Gasteiger partial charge in [0.2, 0.25) is 0 Å². The van der Waals surface area contributed by atoms with Crippen LogP contribution in [0.25, 0.3) is 0 Å². The summed E-state index contributed by atoms with van der Waals surface area (Å²) in [7, 11) is 0. The van der Waals surface area contributed by atoms with Gasteiger partial charge in [0, 0.05) is 11.5 Å². The minimum absolute atomic E-state index is 0.542. The van der Waals surface area contributed by atoms with Gasteiger partial charge in [-0.05, 0) is 33.0 Å². The summed E-state index contributed by atoms with van der Waals surface area (Å²) < 4.78 is 1.31. The maximum atomic E-state index is 4.57. The second-order valence-corrected chi connectivity index (χ2v) is 6.13. The van der Waals surface area contributed by atoms with Crippen molar-refractivity contribution in [3.05, 3.63) is 0 Å². The first-order chi connectivity index (χ1) is 7.26. The summed E-state index contributed by atoms with van der Waals surface area (Å²) in [6.45, 7) is 10.2. The normalized spacial score (nSPS) is 21.1. The highest BCUT2D eigenvalue weighted by Crippen LogP contribution is 2.26. The second kappa shape index (κ2) is 7.58. The summed E-state index contributed by atoms with van der Waals surface area (Å²) in [5, 5.41) is 0. The number of thioether (sulfide) groups is 2. The van der Waals surface area contributed by atoms with Crippen LogP contribution in [0.4, 0.5) is 0 Å². The predicted molar refractivity (Wildman–Crippen MR) is 74.2 cm³/mol. The van der Waals surface area contributed by atoms with Gasteiger partial charge in [0.15, 0.2) is 0 Å². The first-order valence-electron chi connectivity index (χ1n) is 5.82. The van der Waals surface area contributed by atoms with Gasteiger partial charge < -0.3 is 4.90 Å². The zero-order chi connectivity index (χ0) is 11.1. The fraction of sp³-hybridized carbons (Fsp3) is 0.909. The molecule has 0 aliphatic carbocycles. The third-order valence-electron chi connectivity index (χ3n) is 2.51. The molecule has 1 aliphatic rings. The predicted octanol–water partition coefficient (Wildman–Crippen LogP) is 2.94. The summed E-state index contributed by atoms with van der Waals surface area (Å²) in [6, 6.07) is 0.542. The molecule has 0 bridgehead atoms. The van der Waals surface area contributed by atoms with Crippen LogP contribution < -0.4 is 0 Å². The lowest BCUT2D eigenvalue weighted by Crippen LogP contribution is -2.24. The van der Waals surface area contributed by atoms with E-state index in [9.17, 15) is 0 Å². The molecule has 0 fully saturated rings. The van der Waals surface area contributed by atoms with Gasteiger partial charge in [-0.1, -0.05) is 37.4 Å².